The van der Waals surface area contributed by atoms with Crippen LogP contribution in [0.1, 0.15) is 6.42 Å². The Hall–Kier alpha value is -1.47. The number of hydrogen-bond acceptors (Lipinski definition) is 5. The van der Waals surface area contributed by atoms with Crippen molar-refractivity contribution in [2.45, 2.75) is 6.42 Å². The van der Waals surface area contributed by atoms with Crippen LogP contribution < -0.4 is 15.2 Å². The number of rotatable bonds is 7. The van der Waals surface area contributed by atoms with E-state index in [-0.39, 0.29) is 5.75 Å². The molecule has 1 aromatic rings. The lowest BCUT2D eigenvalue weighted by molar-refractivity contribution is 0.199. The molecule has 1 aromatic carbocycles. The number of benzene rings is 1. The second-order valence-corrected chi connectivity index (χ2v) is 5.57. The minimum Gasteiger partial charge on any atom is -0.495 e. The maximum atomic E-state index is 11.7. The summed E-state index contributed by atoms with van der Waals surface area (Å²) in [4.78, 5) is 0. The van der Waals surface area contributed by atoms with Crippen molar-refractivity contribution in [1.29, 1.82) is 0 Å². The fourth-order valence-electron chi connectivity index (χ4n) is 1.42. The van der Waals surface area contributed by atoms with Crippen molar-refractivity contribution in [3.63, 3.8) is 0 Å². The molecule has 1 rings (SSSR count). The minimum atomic E-state index is -3.37. The molecule has 0 spiro atoms. The van der Waals surface area contributed by atoms with Gasteiger partial charge in [0, 0.05) is 13.7 Å². The zero-order chi connectivity index (χ0) is 13.6. The molecule has 0 aliphatic heterocycles. The van der Waals surface area contributed by atoms with Gasteiger partial charge in [0.15, 0.2) is 0 Å². The van der Waals surface area contributed by atoms with E-state index in [4.69, 9.17) is 15.2 Å². The zero-order valence-electron chi connectivity index (χ0n) is 10.5. The monoisotopic (exact) mass is 274 g/mol. The fraction of sp³-hybridized carbons (Fsp3) is 0.455. The lowest BCUT2D eigenvalue weighted by Gasteiger charge is -2.10. The van der Waals surface area contributed by atoms with E-state index in [9.17, 15) is 8.42 Å². The van der Waals surface area contributed by atoms with Crippen molar-refractivity contribution in [2.75, 3.05) is 37.0 Å². The number of anilines is 2. The molecule has 6 nitrogen and oxygen atoms in total. The summed E-state index contributed by atoms with van der Waals surface area (Å²) in [7, 11) is -0.337. The molecule has 0 aromatic heterocycles. The average Bonchev–Trinajstić information content (AvgIpc) is 2.29. The van der Waals surface area contributed by atoms with Gasteiger partial charge >= 0.3 is 0 Å². The van der Waals surface area contributed by atoms with Gasteiger partial charge < -0.3 is 15.2 Å². The number of nitrogens with one attached hydrogen (secondary N) is 1. The molecule has 3 N–H and O–H groups in total. The van der Waals surface area contributed by atoms with Gasteiger partial charge in [-0.1, -0.05) is 0 Å². The van der Waals surface area contributed by atoms with Gasteiger partial charge in [-0.2, -0.15) is 0 Å². The Morgan fingerprint density at radius 2 is 2.06 bits per heavy atom. The number of nitrogens with two attached hydrogens (primary N) is 1. The molecule has 0 radical (unpaired) electrons. The standard InChI is InChI=1S/C11H18N2O4S/c1-16-6-3-7-18(14,15)13-9-4-5-11(17-2)10(12)8-9/h4-5,8,13H,3,6-7,12H2,1-2H3. The summed E-state index contributed by atoms with van der Waals surface area (Å²) in [5.41, 5.74) is 6.50. The number of sulfonamides is 1. The van der Waals surface area contributed by atoms with Gasteiger partial charge in [-0.05, 0) is 24.6 Å². The van der Waals surface area contributed by atoms with E-state index in [0.29, 0.717) is 30.2 Å². The van der Waals surface area contributed by atoms with E-state index < -0.39 is 10.0 Å². The molecular formula is C11H18N2O4S. The van der Waals surface area contributed by atoms with Crippen LogP contribution in [-0.4, -0.2) is 35.0 Å². The van der Waals surface area contributed by atoms with Crippen molar-refractivity contribution in [1.82, 2.24) is 0 Å². The summed E-state index contributed by atoms with van der Waals surface area (Å²) >= 11 is 0. The number of ether oxygens (including phenoxy) is 2. The van der Waals surface area contributed by atoms with E-state index in [1.807, 2.05) is 0 Å². The first-order valence-electron chi connectivity index (χ1n) is 5.41. The molecule has 0 heterocycles. The molecule has 102 valence electrons. The first-order valence-corrected chi connectivity index (χ1v) is 7.06. The molecule has 0 fully saturated rings. The van der Waals surface area contributed by atoms with Crippen molar-refractivity contribution in [3.05, 3.63) is 18.2 Å². The third kappa shape index (κ3) is 4.42. The molecule has 7 heteroatoms. The number of hydrogen-bond donors (Lipinski definition) is 2. The summed E-state index contributed by atoms with van der Waals surface area (Å²) in [5.74, 6) is 0.518. The maximum Gasteiger partial charge on any atom is 0.232 e. The Labute approximate surface area is 107 Å². The second kappa shape index (κ2) is 6.46. The van der Waals surface area contributed by atoms with Crippen LogP contribution in [0, 0.1) is 0 Å². The Morgan fingerprint density at radius 1 is 1.33 bits per heavy atom. The lowest BCUT2D eigenvalue weighted by Crippen LogP contribution is -2.17. The van der Waals surface area contributed by atoms with Crippen molar-refractivity contribution >= 4 is 21.4 Å². The summed E-state index contributed by atoms with van der Waals surface area (Å²) in [5, 5.41) is 0. The fourth-order valence-corrected chi connectivity index (χ4v) is 2.51. The van der Waals surface area contributed by atoms with Crippen LogP contribution in [0.3, 0.4) is 0 Å². The van der Waals surface area contributed by atoms with Crippen LogP contribution in [0.25, 0.3) is 0 Å². The van der Waals surface area contributed by atoms with Crippen molar-refractivity contribution in [3.8, 4) is 5.75 Å². The maximum absolute atomic E-state index is 11.7. The largest absolute Gasteiger partial charge is 0.495 e. The highest BCUT2D eigenvalue weighted by atomic mass is 32.2. The van der Waals surface area contributed by atoms with Gasteiger partial charge in [0.2, 0.25) is 10.0 Å². The molecule has 0 aliphatic rings. The van der Waals surface area contributed by atoms with Gasteiger partial charge in [-0.3, -0.25) is 4.72 Å². The smallest absolute Gasteiger partial charge is 0.232 e. The van der Waals surface area contributed by atoms with E-state index in [1.165, 1.54) is 20.3 Å². The molecule has 0 aliphatic carbocycles. The summed E-state index contributed by atoms with van der Waals surface area (Å²) in [6, 6.07) is 4.73. The van der Waals surface area contributed by atoms with Gasteiger partial charge in [0.05, 0.1) is 24.2 Å². The van der Waals surface area contributed by atoms with E-state index >= 15 is 0 Å². The molecular weight excluding hydrogens is 256 g/mol. The highest BCUT2D eigenvalue weighted by molar-refractivity contribution is 7.92. The van der Waals surface area contributed by atoms with Crippen LogP contribution in [0.4, 0.5) is 11.4 Å². The molecule has 0 amide bonds. The first-order chi connectivity index (χ1) is 8.48. The van der Waals surface area contributed by atoms with E-state index in [0.717, 1.165) is 0 Å². The predicted molar refractivity (Wildman–Crippen MR) is 71.3 cm³/mol. The molecule has 0 bridgehead atoms. The molecule has 0 saturated heterocycles. The lowest BCUT2D eigenvalue weighted by atomic mass is 10.2. The first kappa shape index (κ1) is 14.6. The Kier molecular flexibility index (Phi) is 5.24. The Balaban J connectivity index is 2.69. The third-order valence-corrected chi connectivity index (χ3v) is 3.64. The van der Waals surface area contributed by atoms with Crippen LogP contribution in [0.2, 0.25) is 0 Å². The van der Waals surface area contributed by atoms with Gasteiger partial charge in [-0.15, -0.1) is 0 Å². The van der Waals surface area contributed by atoms with Crippen LogP contribution >= 0.6 is 0 Å². The summed E-state index contributed by atoms with van der Waals surface area (Å²) in [6.07, 6.45) is 0.442. The molecule has 0 atom stereocenters. The van der Waals surface area contributed by atoms with Gasteiger partial charge in [-0.25, -0.2) is 8.42 Å². The Bertz CT molecular complexity index is 488. The molecule has 0 unspecified atom stereocenters. The van der Waals surface area contributed by atoms with Crippen molar-refractivity contribution in [2.24, 2.45) is 0 Å². The average molecular weight is 274 g/mol. The highest BCUT2D eigenvalue weighted by Crippen LogP contribution is 2.25. The summed E-state index contributed by atoms with van der Waals surface area (Å²) in [6.45, 7) is 0.408. The van der Waals surface area contributed by atoms with Crippen molar-refractivity contribution < 1.29 is 17.9 Å². The van der Waals surface area contributed by atoms with Gasteiger partial charge in [0.1, 0.15) is 5.75 Å². The quantitative estimate of drug-likeness (QED) is 0.573. The number of nitrogen functional groups attached to an aromatic ring is 1. The normalized spacial score (nSPS) is 11.2. The van der Waals surface area contributed by atoms with E-state index in [2.05, 4.69) is 4.72 Å². The minimum absolute atomic E-state index is 0.00672. The summed E-state index contributed by atoms with van der Waals surface area (Å²) < 4.78 is 35.7. The topological polar surface area (TPSA) is 90.7 Å². The number of methoxy groups -OCH3 is 2. The van der Waals surface area contributed by atoms with Crippen LogP contribution in [0.5, 0.6) is 5.75 Å². The predicted octanol–water partition coefficient (Wildman–Crippen LogP) is 1.06. The second-order valence-electron chi connectivity index (χ2n) is 3.72. The third-order valence-electron chi connectivity index (χ3n) is 2.26. The van der Waals surface area contributed by atoms with Gasteiger partial charge in [0.25, 0.3) is 0 Å². The molecule has 0 saturated carbocycles. The Morgan fingerprint density at radius 3 is 2.61 bits per heavy atom. The highest BCUT2D eigenvalue weighted by Gasteiger charge is 2.11. The van der Waals surface area contributed by atoms with Crippen LogP contribution in [0.15, 0.2) is 18.2 Å². The SMILES string of the molecule is COCCCS(=O)(=O)Nc1ccc(OC)c(N)c1. The zero-order valence-corrected chi connectivity index (χ0v) is 11.3. The molecule has 18 heavy (non-hydrogen) atoms. The van der Waals surface area contributed by atoms with Crippen LogP contribution in [-0.2, 0) is 14.8 Å². The van der Waals surface area contributed by atoms with E-state index in [1.54, 1.807) is 12.1 Å².